The second-order valence-electron chi connectivity index (χ2n) is 3.54. The van der Waals surface area contributed by atoms with E-state index in [1.807, 2.05) is 6.92 Å². The van der Waals surface area contributed by atoms with Crippen molar-refractivity contribution in [2.75, 3.05) is 19.8 Å². The molecule has 0 aliphatic rings. The third-order valence-corrected chi connectivity index (χ3v) is 4.73. The Morgan fingerprint density at radius 3 is 1.94 bits per heavy atom. The van der Waals surface area contributed by atoms with Gasteiger partial charge in [0.2, 0.25) is 0 Å². The molecule has 6 heteroatoms. The van der Waals surface area contributed by atoms with Crippen LogP contribution in [0.15, 0.2) is 12.2 Å². The molecule has 1 unspecified atom stereocenters. The third kappa shape index (κ3) is 4.56. The van der Waals surface area contributed by atoms with Crippen LogP contribution in [0.5, 0.6) is 0 Å². The summed E-state index contributed by atoms with van der Waals surface area (Å²) in [4.78, 5) is 11.9. The lowest BCUT2D eigenvalue weighted by Crippen LogP contribution is -2.27. The Hall–Kier alpha value is -0.640. The molecule has 0 aromatic carbocycles. The number of hydrogen-bond donors (Lipinski definition) is 0. The van der Waals surface area contributed by atoms with Crippen LogP contribution in [0.1, 0.15) is 34.1 Å². The molecule has 0 saturated heterocycles. The molecule has 5 nitrogen and oxygen atoms in total. The third-order valence-electron chi connectivity index (χ3n) is 2.28. The Bertz CT molecular complexity index is 316. The quantitative estimate of drug-likeness (QED) is 0.368. The van der Waals surface area contributed by atoms with Gasteiger partial charge in [-0.3, -0.25) is 9.36 Å². The maximum atomic E-state index is 12.6. The van der Waals surface area contributed by atoms with Crippen molar-refractivity contribution >= 4 is 13.6 Å². The molecule has 18 heavy (non-hydrogen) atoms. The molecule has 0 heterocycles. The van der Waals surface area contributed by atoms with Gasteiger partial charge in [-0.15, -0.1) is 0 Å². The summed E-state index contributed by atoms with van der Waals surface area (Å²) >= 11 is 0. The summed E-state index contributed by atoms with van der Waals surface area (Å²) in [5.74, 6) is -0.602. The van der Waals surface area contributed by atoms with Gasteiger partial charge < -0.3 is 13.8 Å². The van der Waals surface area contributed by atoms with Crippen molar-refractivity contribution in [3.05, 3.63) is 12.2 Å². The van der Waals surface area contributed by atoms with Crippen molar-refractivity contribution < 1.29 is 23.1 Å². The van der Waals surface area contributed by atoms with Crippen molar-refractivity contribution in [2.24, 2.45) is 0 Å². The Morgan fingerprint density at radius 1 is 1.11 bits per heavy atom. The van der Waals surface area contributed by atoms with Gasteiger partial charge >= 0.3 is 13.6 Å². The normalized spacial score (nSPS) is 13.1. The molecular formula is C12H23O5P. The zero-order chi connectivity index (χ0) is 14.2. The van der Waals surface area contributed by atoms with Gasteiger partial charge in [0.25, 0.3) is 0 Å². The van der Waals surface area contributed by atoms with E-state index in [1.54, 1.807) is 20.8 Å². The van der Waals surface area contributed by atoms with Crippen LogP contribution in [0.25, 0.3) is 0 Å². The molecule has 0 spiro atoms. The van der Waals surface area contributed by atoms with Crippen molar-refractivity contribution in [1.82, 2.24) is 0 Å². The number of carbonyl (C=O) groups excluding carboxylic acids is 1. The number of carbonyl (C=O) groups is 1. The standard InChI is InChI=1S/C12H23O5P/c1-6-10(5)11(12(13)15-7-2)18(14,16-8-3)17-9-4/h11H,5-9H2,1-4H3. The lowest BCUT2D eigenvalue weighted by Gasteiger charge is -2.25. The molecular weight excluding hydrogens is 255 g/mol. The average Bonchev–Trinajstić information content (AvgIpc) is 2.29. The average molecular weight is 278 g/mol. The minimum Gasteiger partial charge on any atom is -0.465 e. The minimum atomic E-state index is -3.56. The van der Waals surface area contributed by atoms with Crippen LogP contribution in [0.4, 0.5) is 0 Å². The zero-order valence-corrected chi connectivity index (χ0v) is 12.5. The molecule has 0 aromatic rings. The molecule has 0 bridgehead atoms. The highest BCUT2D eigenvalue weighted by Gasteiger charge is 2.43. The van der Waals surface area contributed by atoms with Crippen molar-refractivity contribution in [3.8, 4) is 0 Å². The monoisotopic (exact) mass is 278 g/mol. The van der Waals surface area contributed by atoms with Gasteiger partial charge in [-0.2, -0.15) is 0 Å². The molecule has 0 aliphatic heterocycles. The number of hydrogen-bond acceptors (Lipinski definition) is 5. The Balaban J connectivity index is 5.29. The van der Waals surface area contributed by atoms with Crippen molar-refractivity contribution in [2.45, 2.75) is 39.8 Å². The van der Waals surface area contributed by atoms with Gasteiger partial charge in [-0.05, 0) is 27.2 Å². The highest BCUT2D eigenvalue weighted by atomic mass is 31.2. The van der Waals surface area contributed by atoms with Crippen LogP contribution < -0.4 is 0 Å². The van der Waals surface area contributed by atoms with Crippen LogP contribution in [-0.2, 0) is 23.1 Å². The van der Waals surface area contributed by atoms with Crippen molar-refractivity contribution in [1.29, 1.82) is 0 Å². The number of rotatable bonds is 9. The molecule has 0 aliphatic carbocycles. The molecule has 106 valence electrons. The molecule has 0 fully saturated rings. The second-order valence-corrected chi connectivity index (χ2v) is 5.65. The molecule has 0 radical (unpaired) electrons. The summed E-state index contributed by atoms with van der Waals surface area (Å²) in [6.07, 6.45) is 0.508. The van der Waals surface area contributed by atoms with Gasteiger partial charge in [0.15, 0.2) is 5.66 Å². The predicted molar refractivity (Wildman–Crippen MR) is 70.7 cm³/mol. The first-order valence-electron chi connectivity index (χ1n) is 6.19. The Labute approximate surface area is 109 Å². The van der Waals surface area contributed by atoms with E-state index in [0.29, 0.717) is 12.0 Å². The highest BCUT2D eigenvalue weighted by Crippen LogP contribution is 2.56. The van der Waals surface area contributed by atoms with E-state index in [-0.39, 0.29) is 19.8 Å². The van der Waals surface area contributed by atoms with Crippen LogP contribution in [-0.4, -0.2) is 31.4 Å². The maximum Gasteiger partial charge on any atom is 0.348 e. The maximum absolute atomic E-state index is 12.6. The largest absolute Gasteiger partial charge is 0.465 e. The molecule has 1 atom stereocenters. The first kappa shape index (κ1) is 17.4. The predicted octanol–water partition coefficient (Wildman–Crippen LogP) is 3.15. The summed E-state index contributed by atoms with van der Waals surface area (Å²) in [5, 5.41) is 0. The van der Waals surface area contributed by atoms with Crippen LogP contribution in [0.2, 0.25) is 0 Å². The highest BCUT2D eigenvalue weighted by molar-refractivity contribution is 7.56. The fraction of sp³-hybridized carbons (Fsp3) is 0.750. The van der Waals surface area contributed by atoms with Gasteiger partial charge in [0, 0.05) is 0 Å². The molecule has 0 aromatic heterocycles. The van der Waals surface area contributed by atoms with E-state index in [9.17, 15) is 9.36 Å². The smallest absolute Gasteiger partial charge is 0.348 e. The summed E-state index contributed by atoms with van der Waals surface area (Å²) in [7, 11) is -3.56. The van der Waals surface area contributed by atoms with Crippen LogP contribution in [0, 0.1) is 0 Å². The van der Waals surface area contributed by atoms with Gasteiger partial charge in [0.05, 0.1) is 19.8 Å². The number of ether oxygens (including phenoxy) is 1. The van der Waals surface area contributed by atoms with Crippen LogP contribution >= 0.6 is 7.60 Å². The molecule has 0 saturated carbocycles. The van der Waals surface area contributed by atoms with E-state index in [0.717, 1.165) is 0 Å². The number of esters is 1. The summed E-state index contributed by atoms with van der Waals surface area (Å²) < 4.78 is 27.9. The topological polar surface area (TPSA) is 61.8 Å². The SMILES string of the molecule is C=C(CC)C(C(=O)OCC)P(=O)(OCC)OCC. The van der Waals surface area contributed by atoms with E-state index in [4.69, 9.17) is 13.8 Å². The van der Waals surface area contributed by atoms with Crippen molar-refractivity contribution in [3.63, 3.8) is 0 Å². The van der Waals surface area contributed by atoms with E-state index in [1.165, 1.54) is 0 Å². The lowest BCUT2D eigenvalue weighted by atomic mass is 10.1. The molecule has 0 amide bonds. The van der Waals surface area contributed by atoms with E-state index < -0.39 is 19.2 Å². The Morgan fingerprint density at radius 2 is 1.61 bits per heavy atom. The molecule has 0 rings (SSSR count). The van der Waals surface area contributed by atoms with Gasteiger partial charge in [0.1, 0.15) is 0 Å². The van der Waals surface area contributed by atoms with Crippen LogP contribution in [0.3, 0.4) is 0 Å². The fourth-order valence-electron chi connectivity index (χ4n) is 1.48. The van der Waals surface area contributed by atoms with E-state index >= 15 is 0 Å². The summed E-state index contributed by atoms with van der Waals surface area (Å²) in [6.45, 7) is 11.3. The first-order chi connectivity index (χ1) is 8.46. The Kier molecular flexibility index (Phi) is 8.16. The first-order valence-corrected chi connectivity index (χ1v) is 7.80. The fourth-order valence-corrected chi connectivity index (χ4v) is 3.54. The second kappa shape index (κ2) is 8.46. The van der Waals surface area contributed by atoms with Gasteiger partial charge in [-0.25, -0.2) is 0 Å². The van der Waals surface area contributed by atoms with E-state index in [2.05, 4.69) is 6.58 Å². The van der Waals surface area contributed by atoms with Gasteiger partial charge in [-0.1, -0.05) is 19.1 Å². The lowest BCUT2D eigenvalue weighted by molar-refractivity contribution is -0.142. The minimum absolute atomic E-state index is 0.199. The molecule has 0 N–H and O–H groups in total. The summed E-state index contributed by atoms with van der Waals surface area (Å²) in [6, 6.07) is 0. The zero-order valence-electron chi connectivity index (χ0n) is 11.6. The summed E-state index contributed by atoms with van der Waals surface area (Å²) in [5.41, 5.74) is -0.541.